The highest BCUT2D eigenvalue weighted by molar-refractivity contribution is 5.70. The molecule has 0 radical (unpaired) electrons. The largest absolute Gasteiger partial charge is 0.481 e. The van der Waals surface area contributed by atoms with Crippen LogP contribution in [0.1, 0.15) is 36.6 Å². The SMILES string of the molecule is O=C(O)Cc1cccnc1C1CCCCN1. The molecular weight excluding hydrogens is 204 g/mol. The Labute approximate surface area is 94.7 Å². The van der Waals surface area contributed by atoms with E-state index >= 15 is 0 Å². The van der Waals surface area contributed by atoms with Crippen molar-refractivity contribution in [3.05, 3.63) is 29.6 Å². The van der Waals surface area contributed by atoms with Crippen molar-refractivity contribution in [1.82, 2.24) is 10.3 Å². The normalized spacial score (nSPS) is 20.6. The number of hydrogen-bond donors (Lipinski definition) is 2. The van der Waals surface area contributed by atoms with Gasteiger partial charge in [0, 0.05) is 12.2 Å². The second-order valence-corrected chi connectivity index (χ2v) is 4.12. The number of piperidine rings is 1. The maximum absolute atomic E-state index is 10.8. The van der Waals surface area contributed by atoms with Gasteiger partial charge in [-0.05, 0) is 31.0 Å². The fourth-order valence-electron chi connectivity index (χ4n) is 2.16. The highest BCUT2D eigenvalue weighted by Crippen LogP contribution is 2.24. The Kier molecular flexibility index (Phi) is 3.51. The van der Waals surface area contributed by atoms with Crippen LogP contribution in [0.5, 0.6) is 0 Å². The molecular formula is C12H16N2O2. The zero-order valence-corrected chi connectivity index (χ0v) is 9.15. The number of aliphatic carboxylic acids is 1. The molecule has 2 heterocycles. The molecule has 0 spiro atoms. The monoisotopic (exact) mass is 220 g/mol. The second-order valence-electron chi connectivity index (χ2n) is 4.12. The first-order chi connectivity index (χ1) is 7.77. The van der Waals surface area contributed by atoms with E-state index in [0.29, 0.717) is 0 Å². The summed E-state index contributed by atoms with van der Waals surface area (Å²) in [5.41, 5.74) is 1.74. The average Bonchev–Trinajstić information content (AvgIpc) is 2.30. The third-order valence-electron chi connectivity index (χ3n) is 2.91. The van der Waals surface area contributed by atoms with Crippen molar-refractivity contribution >= 4 is 5.97 Å². The second kappa shape index (κ2) is 5.07. The van der Waals surface area contributed by atoms with E-state index in [2.05, 4.69) is 10.3 Å². The lowest BCUT2D eigenvalue weighted by Crippen LogP contribution is -2.28. The molecule has 4 heteroatoms. The lowest BCUT2D eigenvalue weighted by atomic mass is 9.97. The van der Waals surface area contributed by atoms with Gasteiger partial charge in [-0.25, -0.2) is 0 Å². The molecule has 0 saturated carbocycles. The van der Waals surface area contributed by atoms with Crippen LogP contribution in [0, 0.1) is 0 Å². The summed E-state index contributed by atoms with van der Waals surface area (Å²) in [6, 6.07) is 3.88. The Hall–Kier alpha value is -1.42. The topological polar surface area (TPSA) is 62.2 Å². The van der Waals surface area contributed by atoms with Crippen molar-refractivity contribution in [2.24, 2.45) is 0 Å². The Morgan fingerprint density at radius 1 is 1.56 bits per heavy atom. The molecule has 1 aliphatic heterocycles. The average molecular weight is 220 g/mol. The number of carbonyl (C=O) groups is 1. The number of carboxylic acid groups (broad SMARTS) is 1. The van der Waals surface area contributed by atoms with Gasteiger partial charge in [-0.3, -0.25) is 9.78 Å². The summed E-state index contributed by atoms with van der Waals surface area (Å²) < 4.78 is 0. The number of nitrogens with one attached hydrogen (secondary N) is 1. The van der Waals surface area contributed by atoms with Crippen molar-refractivity contribution in [2.45, 2.75) is 31.7 Å². The van der Waals surface area contributed by atoms with Crippen molar-refractivity contribution in [1.29, 1.82) is 0 Å². The number of hydrogen-bond acceptors (Lipinski definition) is 3. The van der Waals surface area contributed by atoms with Crippen LogP contribution in [0.2, 0.25) is 0 Å². The van der Waals surface area contributed by atoms with Crippen molar-refractivity contribution in [3.63, 3.8) is 0 Å². The summed E-state index contributed by atoms with van der Waals surface area (Å²) in [6.07, 6.45) is 5.21. The van der Waals surface area contributed by atoms with E-state index in [-0.39, 0.29) is 12.5 Å². The molecule has 2 rings (SSSR count). The molecule has 2 N–H and O–H groups in total. The molecule has 0 aromatic carbocycles. The lowest BCUT2D eigenvalue weighted by Gasteiger charge is -2.24. The summed E-state index contributed by atoms with van der Waals surface area (Å²) in [5, 5.41) is 12.2. The van der Waals surface area contributed by atoms with E-state index in [9.17, 15) is 4.79 Å². The summed E-state index contributed by atoms with van der Waals surface area (Å²) in [4.78, 5) is 15.1. The van der Waals surface area contributed by atoms with Crippen molar-refractivity contribution in [3.8, 4) is 0 Å². The molecule has 0 aliphatic carbocycles. The quantitative estimate of drug-likeness (QED) is 0.810. The lowest BCUT2D eigenvalue weighted by molar-refractivity contribution is -0.136. The first-order valence-corrected chi connectivity index (χ1v) is 5.66. The molecule has 86 valence electrons. The maximum atomic E-state index is 10.8. The number of nitrogens with zero attached hydrogens (tertiary/aromatic N) is 1. The Bertz CT molecular complexity index is 373. The van der Waals surface area contributed by atoms with Crippen molar-refractivity contribution < 1.29 is 9.90 Å². The van der Waals surface area contributed by atoms with Gasteiger partial charge in [0.15, 0.2) is 0 Å². The van der Waals surface area contributed by atoms with Gasteiger partial charge in [0.2, 0.25) is 0 Å². The standard InChI is InChI=1S/C12H16N2O2/c15-11(16)8-9-4-3-7-14-12(9)10-5-1-2-6-13-10/h3-4,7,10,13H,1-2,5-6,8H2,(H,15,16). The van der Waals surface area contributed by atoms with Gasteiger partial charge in [-0.1, -0.05) is 12.5 Å². The van der Waals surface area contributed by atoms with E-state index in [4.69, 9.17) is 5.11 Å². The summed E-state index contributed by atoms with van der Waals surface area (Å²) >= 11 is 0. The Morgan fingerprint density at radius 3 is 3.12 bits per heavy atom. The van der Waals surface area contributed by atoms with Crippen LogP contribution in [0.4, 0.5) is 0 Å². The highest BCUT2D eigenvalue weighted by Gasteiger charge is 2.19. The molecule has 0 amide bonds. The van der Waals surface area contributed by atoms with Gasteiger partial charge in [0.1, 0.15) is 0 Å². The van der Waals surface area contributed by atoms with Crippen LogP contribution in [0.15, 0.2) is 18.3 Å². The van der Waals surface area contributed by atoms with Gasteiger partial charge < -0.3 is 10.4 Å². The molecule has 1 unspecified atom stereocenters. The first-order valence-electron chi connectivity index (χ1n) is 5.66. The molecule has 1 fully saturated rings. The van der Waals surface area contributed by atoms with Crippen molar-refractivity contribution in [2.75, 3.05) is 6.54 Å². The highest BCUT2D eigenvalue weighted by atomic mass is 16.4. The predicted octanol–water partition coefficient (Wildman–Crippen LogP) is 1.52. The van der Waals surface area contributed by atoms with Crippen LogP contribution in [0.25, 0.3) is 0 Å². The van der Waals surface area contributed by atoms with Crippen LogP contribution >= 0.6 is 0 Å². The van der Waals surface area contributed by atoms with Gasteiger partial charge in [0.05, 0.1) is 12.1 Å². The number of aromatic nitrogens is 1. The maximum Gasteiger partial charge on any atom is 0.307 e. The van der Waals surface area contributed by atoms with Crippen LogP contribution in [-0.2, 0) is 11.2 Å². The zero-order valence-electron chi connectivity index (χ0n) is 9.15. The molecule has 1 aromatic heterocycles. The minimum Gasteiger partial charge on any atom is -0.481 e. The summed E-state index contributed by atoms with van der Waals surface area (Å²) in [7, 11) is 0. The van der Waals surface area contributed by atoms with E-state index in [1.807, 2.05) is 6.07 Å². The molecule has 1 aromatic rings. The Morgan fingerprint density at radius 2 is 2.44 bits per heavy atom. The van der Waals surface area contributed by atoms with E-state index in [0.717, 1.165) is 24.2 Å². The predicted molar refractivity (Wildman–Crippen MR) is 60.2 cm³/mol. The molecule has 4 nitrogen and oxygen atoms in total. The van der Waals surface area contributed by atoms with Crippen LogP contribution < -0.4 is 5.32 Å². The van der Waals surface area contributed by atoms with Gasteiger partial charge in [-0.2, -0.15) is 0 Å². The fraction of sp³-hybridized carbons (Fsp3) is 0.500. The first kappa shape index (κ1) is 11.1. The number of pyridine rings is 1. The van der Waals surface area contributed by atoms with E-state index in [1.165, 1.54) is 12.8 Å². The molecule has 0 bridgehead atoms. The Balaban J connectivity index is 2.20. The van der Waals surface area contributed by atoms with Crippen LogP contribution in [-0.4, -0.2) is 22.6 Å². The number of rotatable bonds is 3. The summed E-state index contributed by atoms with van der Waals surface area (Å²) in [5.74, 6) is -0.801. The third kappa shape index (κ3) is 2.58. The number of carboxylic acids is 1. The molecule has 1 saturated heterocycles. The van der Waals surface area contributed by atoms with E-state index < -0.39 is 5.97 Å². The van der Waals surface area contributed by atoms with Crippen LogP contribution in [0.3, 0.4) is 0 Å². The fourth-order valence-corrected chi connectivity index (χ4v) is 2.16. The molecule has 1 aliphatic rings. The van der Waals surface area contributed by atoms with Gasteiger partial charge in [0.25, 0.3) is 0 Å². The molecule has 1 atom stereocenters. The minimum atomic E-state index is -0.801. The molecule has 16 heavy (non-hydrogen) atoms. The third-order valence-corrected chi connectivity index (χ3v) is 2.91. The minimum absolute atomic E-state index is 0.0569. The summed E-state index contributed by atoms with van der Waals surface area (Å²) in [6.45, 7) is 0.994. The van der Waals surface area contributed by atoms with Gasteiger partial charge in [-0.15, -0.1) is 0 Å². The van der Waals surface area contributed by atoms with E-state index in [1.54, 1.807) is 12.3 Å². The van der Waals surface area contributed by atoms with Gasteiger partial charge >= 0.3 is 5.97 Å². The zero-order chi connectivity index (χ0) is 11.4. The smallest absolute Gasteiger partial charge is 0.307 e.